The summed E-state index contributed by atoms with van der Waals surface area (Å²) in [5.74, 6) is 0.245. The van der Waals surface area contributed by atoms with Crippen molar-refractivity contribution in [3.8, 4) is 11.6 Å². The third-order valence-electron chi connectivity index (χ3n) is 2.78. The molecule has 6 heteroatoms. The van der Waals surface area contributed by atoms with E-state index < -0.39 is 5.97 Å². The van der Waals surface area contributed by atoms with Crippen LogP contribution < -0.4 is 10.5 Å². The van der Waals surface area contributed by atoms with Crippen molar-refractivity contribution in [3.63, 3.8) is 0 Å². The number of nitrogens with zero attached hydrogens (tertiary/aromatic N) is 2. The zero-order valence-corrected chi connectivity index (χ0v) is 11.5. The van der Waals surface area contributed by atoms with Crippen molar-refractivity contribution in [2.45, 2.75) is 13.8 Å². The molecule has 2 aromatic rings. The molecule has 0 amide bonds. The molecule has 104 valence electrons. The first-order chi connectivity index (χ1) is 9.51. The van der Waals surface area contributed by atoms with Crippen molar-refractivity contribution in [3.05, 3.63) is 41.3 Å². The summed E-state index contributed by atoms with van der Waals surface area (Å²) >= 11 is 0. The summed E-state index contributed by atoms with van der Waals surface area (Å²) in [5.41, 5.74) is 8.31. The highest BCUT2D eigenvalue weighted by Crippen LogP contribution is 2.27. The van der Waals surface area contributed by atoms with E-state index >= 15 is 0 Å². The first-order valence-electron chi connectivity index (χ1n) is 5.97. The van der Waals surface area contributed by atoms with Gasteiger partial charge in [0.25, 0.3) is 0 Å². The van der Waals surface area contributed by atoms with Crippen LogP contribution in [-0.2, 0) is 4.74 Å². The van der Waals surface area contributed by atoms with E-state index in [2.05, 4.69) is 14.7 Å². The molecular weight excluding hydrogens is 258 g/mol. The second-order valence-corrected chi connectivity index (χ2v) is 4.29. The molecule has 6 nitrogen and oxygen atoms in total. The van der Waals surface area contributed by atoms with Crippen LogP contribution in [-0.4, -0.2) is 23.0 Å². The third kappa shape index (κ3) is 2.85. The third-order valence-corrected chi connectivity index (χ3v) is 2.78. The highest BCUT2D eigenvalue weighted by molar-refractivity contribution is 5.85. The lowest BCUT2D eigenvalue weighted by Gasteiger charge is -2.10. The highest BCUT2D eigenvalue weighted by atomic mass is 16.5. The fourth-order valence-corrected chi connectivity index (χ4v) is 1.62. The molecule has 0 bridgehead atoms. The summed E-state index contributed by atoms with van der Waals surface area (Å²) < 4.78 is 10.2. The number of benzene rings is 1. The van der Waals surface area contributed by atoms with Gasteiger partial charge in [-0.25, -0.2) is 9.78 Å². The quantitative estimate of drug-likeness (QED) is 0.681. The fourth-order valence-electron chi connectivity index (χ4n) is 1.62. The van der Waals surface area contributed by atoms with Gasteiger partial charge in [0.1, 0.15) is 5.75 Å². The van der Waals surface area contributed by atoms with E-state index in [4.69, 9.17) is 10.5 Å². The van der Waals surface area contributed by atoms with E-state index in [0.29, 0.717) is 11.4 Å². The number of hydrogen-bond donors (Lipinski definition) is 1. The van der Waals surface area contributed by atoms with Crippen LogP contribution in [0, 0.1) is 13.8 Å². The van der Waals surface area contributed by atoms with Gasteiger partial charge in [-0.3, -0.25) is 0 Å². The molecule has 0 aliphatic rings. The molecule has 2 rings (SSSR count). The largest absolute Gasteiger partial charge is 0.463 e. The summed E-state index contributed by atoms with van der Waals surface area (Å²) in [6.45, 7) is 3.77. The van der Waals surface area contributed by atoms with Crippen LogP contribution in [0.2, 0.25) is 0 Å². The predicted molar refractivity (Wildman–Crippen MR) is 73.8 cm³/mol. The summed E-state index contributed by atoms with van der Waals surface area (Å²) in [5, 5.41) is 0. The van der Waals surface area contributed by atoms with Gasteiger partial charge in [-0.15, -0.1) is 0 Å². The number of rotatable bonds is 3. The van der Waals surface area contributed by atoms with Crippen LogP contribution in [0.4, 0.5) is 5.69 Å². The molecule has 1 heterocycles. The lowest BCUT2D eigenvalue weighted by Crippen LogP contribution is -2.07. The molecule has 0 aliphatic carbocycles. The van der Waals surface area contributed by atoms with Crippen LogP contribution in [0.3, 0.4) is 0 Å². The molecule has 1 aromatic heterocycles. The van der Waals surface area contributed by atoms with Crippen molar-refractivity contribution in [1.82, 2.24) is 9.97 Å². The standard InChI is InChI=1S/C14H15N3O3/c1-8-7-11(9(2)6-10(8)15)20-12-4-5-16-13(17-12)14(18)19-3/h4-7H,15H2,1-3H3. The Morgan fingerprint density at radius 2 is 2.00 bits per heavy atom. The number of ether oxygens (including phenoxy) is 2. The second-order valence-electron chi connectivity index (χ2n) is 4.29. The number of carbonyl (C=O) groups excluding carboxylic acids is 1. The predicted octanol–water partition coefficient (Wildman–Crippen LogP) is 2.25. The maximum Gasteiger partial charge on any atom is 0.376 e. The van der Waals surface area contributed by atoms with E-state index in [-0.39, 0.29) is 11.7 Å². The summed E-state index contributed by atoms with van der Waals surface area (Å²) in [6, 6.07) is 5.22. The number of anilines is 1. The molecular formula is C14H15N3O3. The minimum atomic E-state index is -0.611. The van der Waals surface area contributed by atoms with E-state index in [0.717, 1.165) is 11.1 Å². The topological polar surface area (TPSA) is 87.3 Å². The normalized spacial score (nSPS) is 10.2. The first kappa shape index (κ1) is 13.8. The minimum absolute atomic E-state index is 0.0465. The number of hydrogen-bond acceptors (Lipinski definition) is 6. The van der Waals surface area contributed by atoms with Crippen LogP contribution >= 0.6 is 0 Å². The Labute approximate surface area is 116 Å². The Balaban J connectivity index is 2.31. The summed E-state index contributed by atoms with van der Waals surface area (Å²) in [7, 11) is 1.27. The molecule has 1 aromatic carbocycles. The Morgan fingerprint density at radius 3 is 2.70 bits per heavy atom. The van der Waals surface area contributed by atoms with Gasteiger partial charge in [0, 0.05) is 18.0 Å². The highest BCUT2D eigenvalue weighted by Gasteiger charge is 2.11. The molecule has 0 radical (unpaired) electrons. The van der Waals surface area contributed by atoms with E-state index in [9.17, 15) is 4.79 Å². The minimum Gasteiger partial charge on any atom is -0.463 e. The second kappa shape index (κ2) is 5.56. The van der Waals surface area contributed by atoms with Crippen molar-refractivity contribution < 1.29 is 14.3 Å². The average Bonchev–Trinajstić information content (AvgIpc) is 2.44. The monoisotopic (exact) mass is 273 g/mol. The van der Waals surface area contributed by atoms with Crippen molar-refractivity contribution in [2.75, 3.05) is 12.8 Å². The average molecular weight is 273 g/mol. The maximum absolute atomic E-state index is 11.4. The van der Waals surface area contributed by atoms with E-state index in [1.165, 1.54) is 13.3 Å². The molecule has 0 aliphatic heterocycles. The molecule has 0 saturated carbocycles. The van der Waals surface area contributed by atoms with Crippen LogP contribution in [0.25, 0.3) is 0 Å². The van der Waals surface area contributed by atoms with Crippen molar-refractivity contribution in [1.29, 1.82) is 0 Å². The van der Waals surface area contributed by atoms with Crippen molar-refractivity contribution >= 4 is 11.7 Å². The molecule has 0 saturated heterocycles. The lowest BCUT2D eigenvalue weighted by atomic mass is 10.1. The van der Waals surface area contributed by atoms with Crippen LogP contribution in [0.15, 0.2) is 24.4 Å². The van der Waals surface area contributed by atoms with Gasteiger partial charge in [0.15, 0.2) is 0 Å². The van der Waals surface area contributed by atoms with Gasteiger partial charge in [0.05, 0.1) is 7.11 Å². The number of aromatic nitrogens is 2. The number of nitrogens with two attached hydrogens (primary N) is 1. The number of esters is 1. The van der Waals surface area contributed by atoms with E-state index in [1.54, 1.807) is 6.07 Å². The lowest BCUT2D eigenvalue weighted by molar-refractivity contribution is 0.0585. The van der Waals surface area contributed by atoms with Gasteiger partial charge >= 0.3 is 5.97 Å². The number of nitrogen functional groups attached to an aromatic ring is 1. The number of aryl methyl sites for hydroxylation is 2. The fraction of sp³-hybridized carbons (Fsp3) is 0.214. The molecule has 0 fully saturated rings. The van der Waals surface area contributed by atoms with Gasteiger partial charge in [0.2, 0.25) is 11.7 Å². The summed E-state index contributed by atoms with van der Waals surface area (Å²) in [4.78, 5) is 19.2. The molecule has 0 unspecified atom stereocenters. The molecule has 0 atom stereocenters. The zero-order chi connectivity index (χ0) is 14.7. The zero-order valence-electron chi connectivity index (χ0n) is 11.5. The van der Waals surface area contributed by atoms with Gasteiger partial charge in [-0.1, -0.05) is 0 Å². The smallest absolute Gasteiger partial charge is 0.376 e. The molecule has 2 N–H and O–H groups in total. The van der Waals surface area contributed by atoms with Crippen LogP contribution in [0.5, 0.6) is 11.6 Å². The number of methoxy groups -OCH3 is 1. The van der Waals surface area contributed by atoms with Crippen molar-refractivity contribution in [2.24, 2.45) is 0 Å². The van der Waals surface area contributed by atoms with Gasteiger partial charge in [-0.2, -0.15) is 4.98 Å². The summed E-state index contributed by atoms with van der Waals surface area (Å²) in [6.07, 6.45) is 1.44. The Kier molecular flexibility index (Phi) is 3.84. The SMILES string of the molecule is COC(=O)c1nccc(Oc2cc(C)c(N)cc2C)n1. The number of carbonyl (C=O) groups is 1. The molecule has 20 heavy (non-hydrogen) atoms. The van der Waals surface area contributed by atoms with E-state index in [1.807, 2.05) is 26.0 Å². The Morgan fingerprint density at radius 1 is 1.25 bits per heavy atom. The Hall–Kier alpha value is -2.63. The maximum atomic E-state index is 11.4. The van der Waals surface area contributed by atoms with Gasteiger partial charge < -0.3 is 15.2 Å². The Bertz CT molecular complexity index is 656. The van der Waals surface area contributed by atoms with Gasteiger partial charge in [-0.05, 0) is 37.1 Å². The first-order valence-corrected chi connectivity index (χ1v) is 5.97. The van der Waals surface area contributed by atoms with Crippen LogP contribution in [0.1, 0.15) is 21.7 Å². The molecule has 0 spiro atoms.